The van der Waals surface area contributed by atoms with Gasteiger partial charge in [0.15, 0.2) is 5.75 Å². The summed E-state index contributed by atoms with van der Waals surface area (Å²) in [4.78, 5) is 17.9. The number of hydrogen-bond acceptors (Lipinski definition) is 4. The molecule has 4 rings (SSSR count). The fourth-order valence-electron chi connectivity index (χ4n) is 2.96. The topological polar surface area (TPSA) is 79.6 Å². The standard InChI is InChI=1S/C21H20N4O2/c22-20-18-8-4-5-9-19(18)27-25(20)17-12-10-16(11-13-17)24-21(26)23-14-15-6-2-1-3-7-15/h1-13,20H,14,22H2,(H2,23,24,26). The van der Waals surface area contributed by atoms with Gasteiger partial charge in [-0.1, -0.05) is 48.5 Å². The summed E-state index contributed by atoms with van der Waals surface area (Å²) in [5.74, 6) is 0.757. The van der Waals surface area contributed by atoms with Crippen LogP contribution < -0.4 is 26.3 Å². The number of nitrogens with one attached hydrogen (secondary N) is 2. The number of carbonyl (C=O) groups is 1. The highest BCUT2D eigenvalue weighted by Crippen LogP contribution is 2.37. The van der Waals surface area contributed by atoms with Crippen molar-refractivity contribution in [3.05, 3.63) is 90.0 Å². The van der Waals surface area contributed by atoms with Gasteiger partial charge in [-0.05, 0) is 35.9 Å². The Bertz CT molecular complexity index is 928. The van der Waals surface area contributed by atoms with Gasteiger partial charge in [-0.2, -0.15) is 5.06 Å². The molecule has 136 valence electrons. The van der Waals surface area contributed by atoms with Crippen LogP contribution in [0.4, 0.5) is 16.2 Å². The number of benzene rings is 3. The van der Waals surface area contributed by atoms with Crippen LogP contribution in [0.1, 0.15) is 17.3 Å². The van der Waals surface area contributed by atoms with Gasteiger partial charge in [0.25, 0.3) is 0 Å². The first-order valence-electron chi connectivity index (χ1n) is 8.71. The van der Waals surface area contributed by atoms with E-state index in [4.69, 9.17) is 10.6 Å². The molecule has 0 bridgehead atoms. The van der Waals surface area contributed by atoms with Crippen LogP contribution in [0.15, 0.2) is 78.9 Å². The van der Waals surface area contributed by atoms with Crippen LogP contribution in [-0.2, 0) is 6.54 Å². The fraction of sp³-hybridized carbons (Fsp3) is 0.0952. The first kappa shape index (κ1) is 16.9. The molecule has 1 unspecified atom stereocenters. The molecular weight excluding hydrogens is 340 g/mol. The van der Waals surface area contributed by atoms with E-state index in [1.165, 1.54) is 0 Å². The molecule has 1 atom stereocenters. The number of rotatable bonds is 4. The monoisotopic (exact) mass is 360 g/mol. The summed E-state index contributed by atoms with van der Waals surface area (Å²) >= 11 is 0. The number of urea groups is 1. The Balaban J connectivity index is 1.36. The van der Waals surface area contributed by atoms with Crippen molar-refractivity contribution in [1.82, 2.24) is 5.32 Å². The normalized spacial score (nSPS) is 15.0. The number of fused-ring (bicyclic) bond motifs is 1. The lowest BCUT2D eigenvalue weighted by Crippen LogP contribution is -2.31. The molecule has 4 N–H and O–H groups in total. The third kappa shape index (κ3) is 3.70. The Morgan fingerprint density at radius 1 is 0.963 bits per heavy atom. The first-order valence-corrected chi connectivity index (χ1v) is 8.71. The molecule has 27 heavy (non-hydrogen) atoms. The molecule has 3 aromatic rings. The van der Waals surface area contributed by atoms with Crippen molar-refractivity contribution in [2.24, 2.45) is 5.73 Å². The molecule has 0 aromatic heterocycles. The molecule has 2 amide bonds. The van der Waals surface area contributed by atoms with Gasteiger partial charge in [-0.15, -0.1) is 0 Å². The third-order valence-corrected chi connectivity index (χ3v) is 4.36. The Hall–Kier alpha value is -3.51. The van der Waals surface area contributed by atoms with Crippen molar-refractivity contribution in [3.63, 3.8) is 0 Å². The molecule has 0 radical (unpaired) electrons. The number of nitrogens with zero attached hydrogens (tertiary/aromatic N) is 1. The van der Waals surface area contributed by atoms with Gasteiger partial charge in [-0.3, -0.25) is 0 Å². The number of carbonyl (C=O) groups excluding carboxylic acids is 1. The van der Waals surface area contributed by atoms with Crippen LogP contribution in [0.25, 0.3) is 0 Å². The van der Waals surface area contributed by atoms with Crippen LogP contribution in [0, 0.1) is 0 Å². The Kier molecular flexibility index (Phi) is 4.63. The van der Waals surface area contributed by atoms with Crippen molar-refractivity contribution >= 4 is 17.4 Å². The van der Waals surface area contributed by atoms with Gasteiger partial charge in [-0.25, -0.2) is 4.79 Å². The van der Waals surface area contributed by atoms with Gasteiger partial charge >= 0.3 is 6.03 Å². The van der Waals surface area contributed by atoms with Crippen LogP contribution in [0.2, 0.25) is 0 Å². The quantitative estimate of drug-likeness (QED) is 0.661. The molecule has 1 heterocycles. The molecule has 0 saturated carbocycles. The summed E-state index contributed by atoms with van der Waals surface area (Å²) in [5, 5.41) is 7.31. The lowest BCUT2D eigenvalue weighted by molar-refractivity contribution is 0.251. The van der Waals surface area contributed by atoms with E-state index in [1.54, 1.807) is 5.06 Å². The van der Waals surface area contributed by atoms with Gasteiger partial charge in [0.1, 0.15) is 6.17 Å². The molecule has 6 nitrogen and oxygen atoms in total. The lowest BCUT2D eigenvalue weighted by atomic mass is 10.1. The second-order valence-electron chi connectivity index (χ2n) is 6.24. The highest BCUT2D eigenvalue weighted by atomic mass is 16.7. The minimum atomic E-state index is -0.366. The molecule has 0 fully saturated rings. The summed E-state index contributed by atoms with van der Waals surface area (Å²) in [5.41, 5.74) is 9.75. The average molecular weight is 360 g/mol. The van der Waals surface area contributed by atoms with Crippen LogP contribution in [-0.4, -0.2) is 6.03 Å². The fourth-order valence-corrected chi connectivity index (χ4v) is 2.96. The molecule has 1 aliphatic heterocycles. The minimum absolute atomic E-state index is 0.256. The maximum Gasteiger partial charge on any atom is 0.319 e. The van der Waals surface area contributed by atoms with Gasteiger partial charge in [0, 0.05) is 17.8 Å². The van der Waals surface area contributed by atoms with Crippen LogP contribution in [0.3, 0.4) is 0 Å². The molecule has 0 saturated heterocycles. The smallest absolute Gasteiger partial charge is 0.319 e. The number of amides is 2. The predicted molar refractivity (Wildman–Crippen MR) is 105 cm³/mol. The Morgan fingerprint density at radius 2 is 1.67 bits per heavy atom. The SMILES string of the molecule is NC1c2ccccc2ON1c1ccc(NC(=O)NCc2ccccc2)cc1. The Labute approximate surface area is 157 Å². The summed E-state index contributed by atoms with van der Waals surface area (Å²) < 4.78 is 0. The zero-order valence-corrected chi connectivity index (χ0v) is 14.6. The second-order valence-corrected chi connectivity index (χ2v) is 6.24. The van der Waals surface area contributed by atoms with E-state index in [0.717, 1.165) is 22.6 Å². The largest absolute Gasteiger partial charge is 0.377 e. The number of nitrogens with two attached hydrogens (primary N) is 1. The summed E-state index contributed by atoms with van der Waals surface area (Å²) in [6.07, 6.45) is -0.366. The van der Waals surface area contributed by atoms with Crippen molar-refractivity contribution in [3.8, 4) is 5.75 Å². The van der Waals surface area contributed by atoms with E-state index >= 15 is 0 Å². The minimum Gasteiger partial charge on any atom is -0.377 e. The zero-order valence-electron chi connectivity index (χ0n) is 14.6. The molecule has 3 aromatic carbocycles. The second kappa shape index (κ2) is 7.39. The lowest BCUT2D eigenvalue weighted by Gasteiger charge is -2.21. The number of hydrogen-bond donors (Lipinski definition) is 3. The molecule has 6 heteroatoms. The van der Waals surface area contributed by atoms with E-state index in [2.05, 4.69) is 10.6 Å². The Morgan fingerprint density at radius 3 is 2.41 bits per heavy atom. The molecule has 1 aliphatic rings. The van der Waals surface area contributed by atoms with Crippen LogP contribution in [0.5, 0.6) is 5.75 Å². The van der Waals surface area contributed by atoms with E-state index in [0.29, 0.717) is 12.2 Å². The number of hydroxylamine groups is 1. The van der Waals surface area contributed by atoms with Crippen LogP contribution >= 0.6 is 0 Å². The summed E-state index contributed by atoms with van der Waals surface area (Å²) in [6.45, 7) is 0.472. The van der Waals surface area contributed by atoms with E-state index < -0.39 is 0 Å². The molecule has 0 aliphatic carbocycles. The highest BCUT2D eigenvalue weighted by Gasteiger charge is 2.29. The zero-order chi connectivity index (χ0) is 18.6. The maximum absolute atomic E-state index is 12.1. The molecule has 0 spiro atoms. The van der Waals surface area contributed by atoms with Crippen molar-refractivity contribution < 1.29 is 9.63 Å². The van der Waals surface area contributed by atoms with E-state index in [1.807, 2.05) is 78.9 Å². The van der Waals surface area contributed by atoms with Gasteiger partial charge in [0.05, 0.1) is 5.69 Å². The predicted octanol–water partition coefficient (Wildman–Crippen LogP) is 3.78. The third-order valence-electron chi connectivity index (χ3n) is 4.36. The van der Waals surface area contributed by atoms with Crippen molar-refractivity contribution in [1.29, 1.82) is 0 Å². The maximum atomic E-state index is 12.1. The van der Waals surface area contributed by atoms with Crippen molar-refractivity contribution in [2.45, 2.75) is 12.7 Å². The number of anilines is 2. The van der Waals surface area contributed by atoms with E-state index in [9.17, 15) is 4.79 Å². The van der Waals surface area contributed by atoms with Crippen molar-refractivity contribution in [2.75, 3.05) is 10.4 Å². The van der Waals surface area contributed by atoms with Gasteiger partial charge in [0.2, 0.25) is 0 Å². The summed E-state index contributed by atoms with van der Waals surface area (Å²) in [7, 11) is 0. The first-order chi connectivity index (χ1) is 13.2. The van der Waals surface area contributed by atoms with Gasteiger partial charge < -0.3 is 21.2 Å². The highest BCUT2D eigenvalue weighted by molar-refractivity contribution is 5.89. The summed E-state index contributed by atoms with van der Waals surface area (Å²) in [6, 6.07) is 24.5. The van der Waals surface area contributed by atoms with E-state index in [-0.39, 0.29) is 12.2 Å². The molecular formula is C21H20N4O2. The average Bonchev–Trinajstić information content (AvgIpc) is 3.05. The number of para-hydroxylation sites is 1.